The Morgan fingerprint density at radius 1 is 1.61 bits per heavy atom. The smallest absolute Gasteiger partial charge is 0.305 e. The highest BCUT2D eigenvalue weighted by molar-refractivity contribution is 7.10. The molecule has 3 N–H and O–H groups in total. The van der Waals surface area contributed by atoms with Crippen LogP contribution in [0.5, 0.6) is 0 Å². The molecule has 1 aromatic rings. The molecule has 0 aromatic carbocycles. The summed E-state index contributed by atoms with van der Waals surface area (Å²) in [6.07, 6.45) is 0.175. The Labute approximate surface area is 111 Å². The van der Waals surface area contributed by atoms with Crippen LogP contribution in [-0.4, -0.2) is 29.7 Å². The molecule has 1 atom stereocenters. The van der Waals surface area contributed by atoms with Crippen LogP contribution in [0.2, 0.25) is 0 Å². The highest BCUT2D eigenvalue weighted by atomic mass is 32.1. The zero-order valence-electron chi connectivity index (χ0n) is 10.8. The predicted octanol–water partition coefficient (Wildman–Crippen LogP) is 1.85. The summed E-state index contributed by atoms with van der Waals surface area (Å²) in [5.41, 5.74) is -0.287. The van der Waals surface area contributed by atoms with Gasteiger partial charge in [-0.3, -0.25) is 4.79 Å². The maximum atomic E-state index is 11.0. The molecular formula is C13H20N2O2S. The van der Waals surface area contributed by atoms with Gasteiger partial charge in [-0.2, -0.15) is 0 Å². The van der Waals surface area contributed by atoms with Crippen molar-refractivity contribution in [3.63, 3.8) is 0 Å². The summed E-state index contributed by atoms with van der Waals surface area (Å²) in [4.78, 5) is 12.3. The summed E-state index contributed by atoms with van der Waals surface area (Å²) >= 11 is 1.72. The van der Waals surface area contributed by atoms with Crippen LogP contribution in [0.25, 0.3) is 0 Å². The lowest BCUT2D eigenvalue weighted by molar-refractivity contribution is -0.139. The molecule has 0 amide bonds. The van der Waals surface area contributed by atoms with E-state index in [4.69, 9.17) is 5.11 Å². The molecule has 0 saturated carbocycles. The molecule has 2 rings (SSSR count). The number of rotatable bonds is 6. The molecule has 1 fully saturated rings. The van der Waals surface area contributed by atoms with Gasteiger partial charge in [0, 0.05) is 24.0 Å². The largest absolute Gasteiger partial charge is 0.481 e. The Hall–Kier alpha value is -0.910. The van der Waals surface area contributed by atoms with Crippen molar-refractivity contribution in [3.05, 3.63) is 22.4 Å². The molecule has 4 nitrogen and oxygen atoms in total. The highest BCUT2D eigenvalue weighted by Crippen LogP contribution is 2.30. The van der Waals surface area contributed by atoms with E-state index in [2.05, 4.69) is 35.9 Å². The third-order valence-electron chi connectivity index (χ3n) is 3.39. The van der Waals surface area contributed by atoms with E-state index in [9.17, 15) is 4.79 Å². The molecule has 1 aliphatic heterocycles. The van der Waals surface area contributed by atoms with Gasteiger partial charge in [-0.15, -0.1) is 11.3 Å². The summed E-state index contributed by atoms with van der Waals surface area (Å²) in [5.74, 6) is -0.299. The first-order valence-corrected chi connectivity index (χ1v) is 7.14. The number of nitrogens with one attached hydrogen (secondary N) is 2. The van der Waals surface area contributed by atoms with Gasteiger partial charge in [0.05, 0.1) is 12.0 Å². The second-order valence-corrected chi connectivity index (χ2v) is 6.32. The molecule has 0 aliphatic carbocycles. The van der Waals surface area contributed by atoms with E-state index in [1.54, 1.807) is 11.3 Å². The van der Waals surface area contributed by atoms with Gasteiger partial charge in [0.15, 0.2) is 0 Å². The number of hydrogen-bond donors (Lipinski definition) is 3. The van der Waals surface area contributed by atoms with Gasteiger partial charge >= 0.3 is 5.97 Å². The van der Waals surface area contributed by atoms with Gasteiger partial charge in [-0.05, 0) is 17.4 Å². The molecule has 1 unspecified atom stereocenters. The predicted molar refractivity (Wildman–Crippen MR) is 72.9 cm³/mol. The number of aliphatic carboxylic acids is 1. The molecule has 100 valence electrons. The number of carbonyl (C=O) groups is 1. The standard InChI is InChI=1S/C13H20N2O2S/c1-9(2)12(10-4-3-5-18-10)15-13(6-11(16)17)7-14-8-13/h3-5,9,12,14-15H,6-8H2,1-2H3,(H,16,17). The van der Waals surface area contributed by atoms with E-state index >= 15 is 0 Å². The topological polar surface area (TPSA) is 61.4 Å². The maximum absolute atomic E-state index is 11.0. The molecule has 5 heteroatoms. The second-order valence-electron chi connectivity index (χ2n) is 5.34. The van der Waals surface area contributed by atoms with E-state index in [-0.39, 0.29) is 18.0 Å². The first kappa shape index (κ1) is 13.5. The normalized spacial score (nSPS) is 19.5. The Morgan fingerprint density at radius 3 is 2.72 bits per heavy atom. The number of thiophene rings is 1. The molecule has 1 saturated heterocycles. The van der Waals surface area contributed by atoms with Gasteiger partial charge < -0.3 is 15.7 Å². The van der Waals surface area contributed by atoms with Crippen molar-refractivity contribution in [2.24, 2.45) is 5.92 Å². The molecule has 2 heterocycles. The monoisotopic (exact) mass is 268 g/mol. The third-order valence-corrected chi connectivity index (χ3v) is 4.35. The molecule has 1 aromatic heterocycles. The van der Waals surface area contributed by atoms with Crippen molar-refractivity contribution < 1.29 is 9.90 Å². The SMILES string of the molecule is CC(C)C(NC1(CC(=O)O)CNC1)c1cccs1. The molecule has 0 bridgehead atoms. The Morgan fingerprint density at radius 2 is 2.33 bits per heavy atom. The molecule has 0 spiro atoms. The number of hydrogen-bond acceptors (Lipinski definition) is 4. The average Bonchev–Trinajstić information content (AvgIpc) is 2.73. The van der Waals surface area contributed by atoms with Crippen LogP contribution < -0.4 is 10.6 Å². The molecular weight excluding hydrogens is 248 g/mol. The zero-order chi connectivity index (χ0) is 13.2. The first-order chi connectivity index (χ1) is 8.52. The van der Waals surface area contributed by atoms with Crippen molar-refractivity contribution >= 4 is 17.3 Å². The van der Waals surface area contributed by atoms with E-state index < -0.39 is 5.97 Å². The van der Waals surface area contributed by atoms with Crippen LogP contribution in [0.15, 0.2) is 17.5 Å². The molecule has 0 radical (unpaired) electrons. The Bertz CT molecular complexity index is 399. The zero-order valence-corrected chi connectivity index (χ0v) is 11.6. The van der Waals surface area contributed by atoms with E-state index in [0.717, 1.165) is 13.1 Å². The van der Waals surface area contributed by atoms with E-state index in [1.165, 1.54) is 4.88 Å². The Kier molecular flexibility index (Phi) is 4.04. The first-order valence-electron chi connectivity index (χ1n) is 6.26. The lowest BCUT2D eigenvalue weighted by atomic mass is 9.86. The minimum Gasteiger partial charge on any atom is -0.481 e. The average molecular weight is 268 g/mol. The summed E-state index contributed by atoms with van der Waals surface area (Å²) in [5, 5.41) is 17.8. The van der Waals surface area contributed by atoms with Crippen molar-refractivity contribution in [1.82, 2.24) is 10.6 Å². The van der Waals surface area contributed by atoms with Crippen LogP contribution in [0.1, 0.15) is 31.2 Å². The van der Waals surface area contributed by atoms with Crippen molar-refractivity contribution in [1.29, 1.82) is 0 Å². The third kappa shape index (κ3) is 2.91. The number of carboxylic acids is 1. The van der Waals surface area contributed by atoms with Crippen LogP contribution >= 0.6 is 11.3 Å². The number of carboxylic acid groups (broad SMARTS) is 1. The van der Waals surface area contributed by atoms with Crippen molar-refractivity contribution in [2.45, 2.75) is 31.8 Å². The fourth-order valence-electron chi connectivity index (χ4n) is 2.36. The van der Waals surface area contributed by atoms with Crippen molar-refractivity contribution in [3.8, 4) is 0 Å². The van der Waals surface area contributed by atoms with Gasteiger partial charge in [0.1, 0.15) is 0 Å². The van der Waals surface area contributed by atoms with Crippen molar-refractivity contribution in [2.75, 3.05) is 13.1 Å². The minimum atomic E-state index is -0.738. The lowest BCUT2D eigenvalue weighted by Crippen LogP contribution is -2.69. The molecule has 18 heavy (non-hydrogen) atoms. The Balaban J connectivity index is 2.11. The van der Waals surface area contributed by atoms with Gasteiger partial charge in [0.25, 0.3) is 0 Å². The van der Waals surface area contributed by atoms with Crippen LogP contribution in [0.3, 0.4) is 0 Å². The van der Waals surface area contributed by atoms with E-state index in [0.29, 0.717) is 5.92 Å². The van der Waals surface area contributed by atoms with Crippen LogP contribution in [0, 0.1) is 5.92 Å². The van der Waals surface area contributed by atoms with Gasteiger partial charge in [-0.1, -0.05) is 19.9 Å². The summed E-state index contributed by atoms with van der Waals surface area (Å²) < 4.78 is 0. The molecule has 1 aliphatic rings. The fourth-order valence-corrected chi connectivity index (χ4v) is 3.31. The van der Waals surface area contributed by atoms with Gasteiger partial charge in [-0.25, -0.2) is 0 Å². The lowest BCUT2D eigenvalue weighted by Gasteiger charge is -2.45. The fraction of sp³-hybridized carbons (Fsp3) is 0.615. The minimum absolute atomic E-state index is 0.175. The highest BCUT2D eigenvalue weighted by Gasteiger charge is 2.41. The summed E-state index contributed by atoms with van der Waals surface area (Å²) in [6, 6.07) is 4.38. The van der Waals surface area contributed by atoms with Crippen LogP contribution in [0.4, 0.5) is 0 Å². The van der Waals surface area contributed by atoms with Crippen LogP contribution in [-0.2, 0) is 4.79 Å². The second kappa shape index (κ2) is 5.38. The van der Waals surface area contributed by atoms with E-state index in [1.807, 2.05) is 6.07 Å². The summed E-state index contributed by atoms with van der Waals surface area (Å²) in [7, 11) is 0. The van der Waals surface area contributed by atoms with Gasteiger partial charge in [0.2, 0.25) is 0 Å². The summed E-state index contributed by atoms with van der Waals surface area (Å²) in [6.45, 7) is 5.79. The quantitative estimate of drug-likeness (QED) is 0.737. The maximum Gasteiger partial charge on any atom is 0.305 e.